The minimum Gasteiger partial charge on any atom is -0.470 e. The van der Waals surface area contributed by atoms with Crippen molar-refractivity contribution in [2.45, 2.75) is 31.4 Å². The molecule has 20 heavy (non-hydrogen) atoms. The van der Waals surface area contributed by atoms with E-state index in [1.165, 1.54) is 6.07 Å². The Hall–Kier alpha value is -1.15. The lowest BCUT2D eigenvalue weighted by Crippen LogP contribution is -2.46. The summed E-state index contributed by atoms with van der Waals surface area (Å²) >= 11 is 5.60. The van der Waals surface area contributed by atoms with Crippen molar-refractivity contribution in [3.63, 3.8) is 0 Å². The second-order valence-electron chi connectivity index (χ2n) is 4.06. The Morgan fingerprint density at radius 3 is 1.95 bits per heavy atom. The van der Waals surface area contributed by atoms with Gasteiger partial charge in [-0.15, -0.1) is 0 Å². The van der Waals surface area contributed by atoms with Crippen LogP contribution in [0.2, 0.25) is 5.02 Å². The molecule has 0 aromatic heterocycles. The lowest BCUT2D eigenvalue weighted by atomic mass is 10.1. The largest absolute Gasteiger partial charge is 0.470 e. The summed E-state index contributed by atoms with van der Waals surface area (Å²) in [6.07, 6.45) is -15.1. The molecule has 1 atom stereocenters. The molecule has 0 saturated carbocycles. The predicted molar refractivity (Wildman–Crippen MR) is 60.6 cm³/mol. The first kappa shape index (κ1) is 16.9. The van der Waals surface area contributed by atoms with Gasteiger partial charge in [0.2, 0.25) is 0 Å². The van der Waals surface area contributed by atoms with Gasteiger partial charge in [0, 0.05) is 6.04 Å². The highest BCUT2D eigenvalue weighted by Gasteiger charge is 2.59. The maximum Gasteiger partial charge on any atom is 0.434 e. The average molecular weight is 322 g/mol. The summed E-state index contributed by atoms with van der Waals surface area (Å²) in [5.74, 6) is -0.712. The second kappa shape index (κ2) is 5.69. The molecule has 0 spiro atoms. The number of benzene rings is 1. The van der Waals surface area contributed by atoms with E-state index in [1.54, 1.807) is 6.92 Å². The van der Waals surface area contributed by atoms with Crippen LogP contribution in [0.15, 0.2) is 18.2 Å². The smallest absolute Gasteiger partial charge is 0.434 e. The minimum atomic E-state index is -5.60. The highest BCUT2D eigenvalue weighted by Crippen LogP contribution is 2.38. The van der Waals surface area contributed by atoms with Crippen LogP contribution in [-0.2, 0) is 0 Å². The van der Waals surface area contributed by atoms with Gasteiger partial charge < -0.3 is 10.5 Å². The van der Waals surface area contributed by atoms with Crippen molar-refractivity contribution in [1.29, 1.82) is 0 Å². The molecule has 2 nitrogen and oxygen atoms in total. The van der Waals surface area contributed by atoms with Crippen LogP contribution in [0.5, 0.6) is 5.75 Å². The maximum absolute atomic E-state index is 12.3. The first-order valence-electron chi connectivity index (χ1n) is 5.28. The van der Waals surface area contributed by atoms with Crippen LogP contribution in [-0.4, -0.2) is 18.5 Å². The molecule has 0 unspecified atom stereocenters. The Morgan fingerprint density at radius 1 is 1.10 bits per heavy atom. The summed E-state index contributed by atoms with van der Waals surface area (Å²) in [6.45, 7) is 1.58. The molecule has 0 fully saturated rings. The Bertz CT molecular complexity index is 457. The van der Waals surface area contributed by atoms with Gasteiger partial charge in [-0.1, -0.05) is 17.7 Å². The molecule has 1 rings (SSSR count). The highest BCUT2D eigenvalue weighted by atomic mass is 35.5. The van der Waals surface area contributed by atoms with E-state index in [4.69, 9.17) is 17.3 Å². The molecule has 2 N–H and O–H groups in total. The monoisotopic (exact) mass is 321 g/mol. The molecule has 0 radical (unpaired) electrons. The van der Waals surface area contributed by atoms with E-state index in [1.807, 2.05) is 0 Å². The van der Waals surface area contributed by atoms with Crippen molar-refractivity contribution in [1.82, 2.24) is 0 Å². The van der Waals surface area contributed by atoms with E-state index in [0.717, 1.165) is 12.1 Å². The Morgan fingerprint density at radius 2 is 1.60 bits per heavy atom. The van der Waals surface area contributed by atoms with Gasteiger partial charge >= 0.3 is 12.4 Å². The SMILES string of the molecule is C[C@@H](N)c1ccc(OC(C(F)(F)F)C(F)(F)F)c(Cl)c1. The van der Waals surface area contributed by atoms with Gasteiger partial charge in [-0.2, -0.15) is 26.3 Å². The molecule has 1 aromatic carbocycles. The lowest BCUT2D eigenvalue weighted by molar-refractivity contribution is -0.299. The number of hydrogen-bond donors (Lipinski definition) is 1. The van der Waals surface area contributed by atoms with Gasteiger partial charge in [-0.05, 0) is 24.6 Å². The molecule has 0 heterocycles. The van der Waals surface area contributed by atoms with E-state index < -0.39 is 30.2 Å². The van der Waals surface area contributed by atoms with Gasteiger partial charge in [0.25, 0.3) is 6.10 Å². The second-order valence-corrected chi connectivity index (χ2v) is 4.47. The molecule has 0 aliphatic heterocycles. The van der Waals surface area contributed by atoms with Crippen molar-refractivity contribution in [2.75, 3.05) is 0 Å². The molecule has 0 amide bonds. The van der Waals surface area contributed by atoms with E-state index in [-0.39, 0.29) is 5.02 Å². The zero-order valence-electron chi connectivity index (χ0n) is 10.0. The van der Waals surface area contributed by atoms with Gasteiger partial charge in [-0.3, -0.25) is 0 Å². The lowest BCUT2D eigenvalue weighted by Gasteiger charge is -2.24. The zero-order chi connectivity index (χ0) is 15.7. The Balaban J connectivity index is 3.07. The van der Waals surface area contributed by atoms with Crippen LogP contribution in [0.3, 0.4) is 0 Å². The summed E-state index contributed by atoms with van der Waals surface area (Å²) in [5, 5.41) is -0.377. The van der Waals surface area contributed by atoms with E-state index in [0.29, 0.717) is 5.56 Å². The minimum absolute atomic E-state index is 0.377. The molecular weight excluding hydrogens is 312 g/mol. The van der Waals surface area contributed by atoms with Crippen LogP contribution in [0, 0.1) is 0 Å². The summed E-state index contributed by atoms with van der Waals surface area (Å²) in [6, 6.07) is 2.86. The standard InChI is InChI=1S/C11H10ClF6NO/c1-5(19)6-2-3-8(7(12)4-6)20-9(10(13,14)15)11(16,17)18/h2-5,9H,19H2,1H3/t5-/m1/s1. The fraction of sp³-hybridized carbons (Fsp3) is 0.455. The van der Waals surface area contributed by atoms with Crippen LogP contribution < -0.4 is 10.5 Å². The molecular formula is C11H10ClF6NO. The fourth-order valence-corrected chi connectivity index (χ4v) is 1.58. The summed E-state index contributed by atoms with van der Waals surface area (Å²) in [4.78, 5) is 0. The first-order chi connectivity index (χ1) is 8.93. The molecule has 1 aromatic rings. The maximum atomic E-state index is 12.3. The van der Waals surface area contributed by atoms with Crippen LogP contribution in [0.4, 0.5) is 26.3 Å². The van der Waals surface area contributed by atoms with Gasteiger partial charge in [0.05, 0.1) is 5.02 Å². The topological polar surface area (TPSA) is 35.2 Å². The van der Waals surface area contributed by atoms with Crippen molar-refractivity contribution in [3.8, 4) is 5.75 Å². The van der Waals surface area contributed by atoms with Crippen molar-refractivity contribution in [3.05, 3.63) is 28.8 Å². The highest BCUT2D eigenvalue weighted by molar-refractivity contribution is 6.32. The normalized spacial score (nSPS) is 14.5. The predicted octanol–water partition coefficient (Wildman–Crippen LogP) is 4.23. The quantitative estimate of drug-likeness (QED) is 0.846. The molecule has 0 aliphatic rings. The fourth-order valence-electron chi connectivity index (χ4n) is 1.34. The zero-order valence-corrected chi connectivity index (χ0v) is 10.8. The van der Waals surface area contributed by atoms with Crippen molar-refractivity contribution in [2.24, 2.45) is 5.73 Å². The van der Waals surface area contributed by atoms with Gasteiger partial charge in [0.15, 0.2) is 0 Å². The number of rotatable bonds is 3. The molecule has 9 heteroatoms. The summed E-state index contributed by atoms with van der Waals surface area (Å²) in [7, 11) is 0. The molecule has 0 saturated heterocycles. The summed E-state index contributed by atoms with van der Waals surface area (Å²) in [5.41, 5.74) is 5.97. The van der Waals surface area contributed by atoms with Crippen LogP contribution in [0.1, 0.15) is 18.5 Å². The number of nitrogens with two attached hydrogens (primary N) is 1. The van der Waals surface area contributed by atoms with Crippen molar-refractivity contribution < 1.29 is 31.1 Å². The third kappa shape index (κ3) is 4.17. The van der Waals surface area contributed by atoms with E-state index >= 15 is 0 Å². The number of alkyl halides is 6. The van der Waals surface area contributed by atoms with Gasteiger partial charge in [0.1, 0.15) is 5.75 Å². The number of halogens is 7. The van der Waals surface area contributed by atoms with Crippen molar-refractivity contribution >= 4 is 11.6 Å². The summed E-state index contributed by atoms with van der Waals surface area (Å²) < 4.78 is 78.0. The Kier molecular flexibility index (Phi) is 4.81. The number of hydrogen-bond acceptors (Lipinski definition) is 2. The van der Waals surface area contributed by atoms with E-state index in [2.05, 4.69) is 4.74 Å². The van der Waals surface area contributed by atoms with Crippen LogP contribution >= 0.6 is 11.6 Å². The molecule has 0 aliphatic carbocycles. The third-order valence-electron chi connectivity index (χ3n) is 2.32. The molecule has 0 bridgehead atoms. The average Bonchev–Trinajstić information content (AvgIpc) is 2.23. The third-order valence-corrected chi connectivity index (χ3v) is 2.62. The van der Waals surface area contributed by atoms with Gasteiger partial charge in [-0.25, -0.2) is 0 Å². The van der Waals surface area contributed by atoms with Crippen LogP contribution in [0.25, 0.3) is 0 Å². The Labute approximate surface area is 115 Å². The molecule has 114 valence electrons. The van der Waals surface area contributed by atoms with E-state index in [9.17, 15) is 26.3 Å². The number of ether oxygens (including phenoxy) is 1. The first-order valence-corrected chi connectivity index (χ1v) is 5.66.